The lowest BCUT2D eigenvalue weighted by Crippen LogP contribution is -2.08. The van der Waals surface area contributed by atoms with Gasteiger partial charge in [-0.1, -0.05) is 0 Å². The molecule has 1 unspecified atom stereocenters. The molecule has 17 heavy (non-hydrogen) atoms. The number of aromatic hydroxyl groups is 1. The molecule has 0 aliphatic carbocycles. The van der Waals surface area contributed by atoms with Crippen LogP contribution in [0.5, 0.6) is 17.2 Å². The molecular weight excluding hydrogens is 220 g/mol. The predicted molar refractivity (Wildman–Crippen MR) is 61.9 cm³/mol. The lowest BCUT2D eigenvalue weighted by molar-refractivity contribution is 0.193. The van der Waals surface area contributed by atoms with Gasteiger partial charge in [-0.15, -0.1) is 0 Å². The van der Waals surface area contributed by atoms with Crippen molar-refractivity contribution in [1.29, 1.82) is 0 Å². The van der Waals surface area contributed by atoms with Crippen LogP contribution in [0.15, 0.2) is 0 Å². The maximum absolute atomic E-state index is 10.1. The summed E-state index contributed by atoms with van der Waals surface area (Å²) in [6, 6.07) is 0. The van der Waals surface area contributed by atoms with E-state index in [9.17, 15) is 10.2 Å². The van der Waals surface area contributed by atoms with E-state index >= 15 is 0 Å². The Bertz CT molecular complexity index is 430. The number of aliphatic hydroxyl groups is 1. The van der Waals surface area contributed by atoms with Crippen molar-refractivity contribution in [3.05, 3.63) is 16.7 Å². The quantitative estimate of drug-likeness (QED) is 0.809. The molecule has 1 aromatic carbocycles. The van der Waals surface area contributed by atoms with Gasteiger partial charge >= 0.3 is 0 Å². The van der Waals surface area contributed by atoms with E-state index in [-0.39, 0.29) is 5.75 Å². The molecule has 0 spiro atoms. The summed E-state index contributed by atoms with van der Waals surface area (Å²) < 4.78 is 11.1. The second kappa shape index (κ2) is 3.81. The Morgan fingerprint density at radius 1 is 1.12 bits per heavy atom. The summed E-state index contributed by atoms with van der Waals surface area (Å²) in [5.74, 6) is 1.61. The fraction of sp³-hybridized carbons (Fsp3) is 0.538. The third-order valence-corrected chi connectivity index (χ3v) is 3.38. The van der Waals surface area contributed by atoms with Gasteiger partial charge in [-0.2, -0.15) is 0 Å². The molecule has 92 valence electrons. The molecule has 2 heterocycles. The highest BCUT2D eigenvalue weighted by atomic mass is 16.5. The molecule has 1 aromatic rings. The van der Waals surface area contributed by atoms with Crippen molar-refractivity contribution in [3.8, 4) is 17.2 Å². The van der Waals surface area contributed by atoms with E-state index < -0.39 is 6.10 Å². The zero-order chi connectivity index (χ0) is 12.0. The number of fused-ring (bicyclic) bond motifs is 2. The number of hydrogen-bond donors (Lipinski definition) is 2. The second-order valence-electron chi connectivity index (χ2n) is 4.69. The maximum atomic E-state index is 10.1. The highest BCUT2D eigenvalue weighted by Gasteiger charge is 2.31. The number of benzene rings is 1. The van der Waals surface area contributed by atoms with E-state index in [4.69, 9.17) is 9.47 Å². The standard InChI is InChI=1S/C13H16O4/c1-7(14)6-10-8-2-4-17-13(8)11(15)9-3-5-16-12(9)10/h7,14-15H,2-6H2,1H3. The van der Waals surface area contributed by atoms with Crippen LogP contribution in [0, 0.1) is 0 Å². The highest BCUT2D eigenvalue weighted by Crippen LogP contribution is 2.48. The number of hydrogen-bond acceptors (Lipinski definition) is 4. The Morgan fingerprint density at radius 3 is 2.47 bits per heavy atom. The molecule has 0 saturated heterocycles. The minimum atomic E-state index is -0.419. The summed E-state index contributed by atoms with van der Waals surface area (Å²) in [6.07, 6.45) is 1.62. The predicted octanol–water partition coefficient (Wildman–Crippen LogP) is 1.19. The van der Waals surface area contributed by atoms with Gasteiger partial charge in [0, 0.05) is 36.0 Å². The van der Waals surface area contributed by atoms with Gasteiger partial charge in [-0.3, -0.25) is 0 Å². The summed E-state index contributed by atoms with van der Waals surface area (Å²) in [4.78, 5) is 0. The molecule has 0 saturated carbocycles. The lowest BCUT2D eigenvalue weighted by Gasteiger charge is -2.15. The van der Waals surface area contributed by atoms with Gasteiger partial charge in [0.1, 0.15) is 5.75 Å². The van der Waals surface area contributed by atoms with Crippen molar-refractivity contribution in [2.45, 2.75) is 32.3 Å². The largest absolute Gasteiger partial charge is 0.504 e. The molecular formula is C13H16O4. The van der Waals surface area contributed by atoms with Crippen molar-refractivity contribution in [2.24, 2.45) is 0 Å². The SMILES string of the molecule is CC(O)Cc1c2c(c(O)c3c1OCC3)OCC2. The monoisotopic (exact) mass is 236 g/mol. The average molecular weight is 236 g/mol. The van der Waals surface area contributed by atoms with Crippen LogP contribution in [0.4, 0.5) is 0 Å². The van der Waals surface area contributed by atoms with Crippen molar-refractivity contribution in [3.63, 3.8) is 0 Å². The Kier molecular flexibility index (Phi) is 2.40. The molecule has 4 heteroatoms. The van der Waals surface area contributed by atoms with E-state index in [0.29, 0.717) is 31.8 Å². The number of aliphatic hydroxyl groups excluding tert-OH is 1. The fourth-order valence-electron chi connectivity index (χ4n) is 2.69. The topological polar surface area (TPSA) is 58.9 Å². The Morgan fingerprint density at radius 2 is 1.76 bits per heavy atom. The lowest BCUT2D eigenvalue weighted by atomic mass is 9.95. The zero-order valence-electron chi connectivity index (χ0n) is 9.82. The zero-order valence-corrected chi connectivity index (χ0v) is 9.82. The van der Waals surface area contributed by atoms with E-state index in [0.717, 1.165) is 28.9 Å². The molecule has 3 rings (SSSR count). The average Bonchev–Trinajstić information content (AvgIpc) is 2.92. The fourth-order valence-corrected chi connectivity index (χ4v) is 2.69. The van der Waals surface area contributed by atoms with Crippen molar-refractivity contribution < 1.29 is 19.7 Å². The first-order valence-electron chi connectivity index (χ1n) is 6.01. The molecule has 0 aromatic heterocycles. The second-order valence-corrected chi connectivity index (χ2v) is 4.69. The third kappa shape index (κ3) is 1.55. The van der Waals surface area contributed by atoms with Gasteiger partial charge in [0.25, 0.3) is 0 Å². The number of ether oxygens (including phenoxy) is 2. The molecule has 2 aliphatic heterocycles. The van der Waals surface area contributed by atoms with Crippen LogP contribution in [0.2, 0.25) is 0 Å². The number of phenols is 1. The molecule has 0 radical (unpaired) electrons. The summed E-state index contributed by atoms with van der Waals surface area (Å²) in [5, 5.41) is 19.7. The minimum Gasteiger partial charge on any atom is -0.504 e. The van der Waals surface area contributed by atoms with Crippen LogP contribution in [0.1, 0.15) is 23.6 Å². The highest BCUT2D eigenvalue weighted by molar-refractivity contribution is 5.65. The number of rotatable bonds is 2. The smallest absolute Gasteiger partial charge is 0.165 e. The Labute approximate surface area is 99.8 Å². The van der Waals surface area contributed by atoms with Crippen molar-refractivity contribution in [1.82, 2.24) is 0 Å². The first-order valence-corrected chi connectivity index (χ1v) is 6.01. The molecule has 0 amide bonds. The van der Waals surface area contributed by atoms with E-state index in [1.807, 2.05) is 0 Å². The normalized spacial score (nSPS) is 18.2. The summed E-state index contributed by atoms with van der Waals surface area (Å²) in [6.45, 7) is 2.95. The van der Waals surface area contributed by atoms with Gasteiger partial charge in [0.15, 0.2) is 11.5 Å². The molecule has 2 aliphatic rings. The minimum absolute atomic E-state index is 0.236. The third-order valence-electron chi connectivity index (χ3n) is 3.38. The van der Waals surface area contributed by atoms with Gasteiger partial charge < -0.3 is 19.7 Å². The van der Waals surface area contributed by atoms with E-state index in [1.165, 1.54) is 0 Å². The van der Waals surface area contributed by atoms with Crippen molar-refractivity contribution >= 4 is 0 Å². The van der Waals surface area contributed by atoms with Crippen LogP contribution < -0.4 is 9.47 Å². The van der Waals surface area contributed by atoms with Gasteiger partial charge in [0.05, 0.1) is 19.3 Å². The van der Waals surface area contributed by atoms with Crippen LogP contribution >= 0.6 is 0 Å². The molecule has 0 fully saturated rings. The Hall–Kier alpha value is -1.42. The van der Waals surface area contributed by atoms with Gasteiger partial charge in [0.2, 0.25) is 0 Å². The first kappa shape index (κ1) is 10.7. The molecule has 4 nitrogen and oxygen atoms in total. The number of phenolic OH excluding ortho intramolecular Hbond substituents is 1. The van der Waals surface area contributed by atoms with Crippen LogP contribution in [0.25, 0.3) is 0 Å². The van der Waals surface area contributed by atoms with E-state index in [2.05, 4.69) is 0 Å². The van der Waals surface area contributed by atoms with Crippen LogP contribution in [0.3, 0.4) is 0 Å². The van der Waals surface area contributed by atoms with Gasteiger partial charge in [-0.25, -0.2) is 0 Å². The van der Waals surface area contributed by atoms with Gasteiger partial charge in [-0.05, 0) is 6.92 Å². The summed E-state index contributed by atoms with van der Waals surface area (Å²) in [7, 11) is 0. The summed E-state index contributed by atoms with van der Waals surface area (Å²) >= 11 is 0. The molecule has 0 bridgehead atoms. The Balaban J connectivity index is 2.19. The van der Waals surface area contributed by atoms with E-state index in [1.54, 1.807) is 6.92 Å². The molecule has 1 atom stereocenters. The summed E-state index contributed by atoms with van der Waals surface area (Å²) in [5.41, 5.74) is 2.85. The van der Waals surface area contributed by atoms with Crippen LogP contribution in [-0.2, 0) is 19.3 Å². The first-order chi connectivity index (χ1) is 8.18. The maximum Gasteiger partial charge on any atom is 0.165 e. The van der Waals surface area contributed by atoms with Crippen molar-refractivity contribution in [2.75, 3.05) is 13.2 Å². The van der Waals surface area contributed by atoms with Crippen LogP contribution in [-0.4, -0.2) is 29.5 Å². The molecule has 2 N–H and O–H groups in total.